The highest BCUT2D eigenvalue weighted by Gasteiger charge is 2.13. The van der Waals surface area contributed by atoms with Gasteiger partial charge in [-0.3, -0.25) is 0 Å². The van der Waals surface area contributed by atoms with E-state index in [1.165, 1.54) is 12.1 Å². The van der Waals surface area contributed by atoms with Crippen molar-refractivity contribution in [3.05, 3.63) is 35.9 Å². The molecule has 0 saturated carbocycles. The van der Waals surface area contributed by atoms with Crippen molar-refractivity contribution in [2.45, 2.75) is 0 Å². The molecular formula is C11H8O4. The molecule has 3 N–H and O–H groups in total. The van der Waals surface area contributed by atoms with Gasteiger partial charge in [-0.15, -0.1) is 0 Å². The lowest BCUT2D eigenvalue weighted by atomic mass is 10.0. The van der Waals surface area contributed by atoms with Crippen LogP contribution in [0.15, 0.2) is 30.3 Å². The van der Waals surface area contributed by atoms with E-state index in [1.807, 2.05) is 0 Å². The SMILES string of the molecule is O=C(O)c1cc(O)cc2cccc(O)c12. The molecule has 15 heavy (non-hydrogen) atoms. The second-order valence-corrected chi connectivity index (χ2v) is 3.17. The Morgan fingerprint density at radius 2 is 1.87 bits per heavy atom. The molecule has 0 bridgehead atoms. The van der Waals surface area contributed by atoms with E-state index in [0.29, 0.717) is 5.39 Å². The summed E-state index contributed by atoms with van der Waals surface area (Å²) in [6.07, 6.45) is 0. The van der Waals surface area contributed by atoms with Crippen LogP contribution in [-0.2, 0) is 0 Å². The van der Waals surface area contributed by atoms with Crippen LogP contribution in [0.2, 0.25) is 0 Å². The number of carboxylic acids is 1. The minimum atomic E-state index is -1.18. The predicted octanol–water partition coefficient (Wildman–Crippen LogP) is 1.95. The second-order valence-electron chi connectivity index (χ2n) is 3.17. The van der Waals surface area contributed by atoms with Crippen LogP contribution in [0, 0.1) is 0 Å². The van der Waals surface area contributed by atoms with Crippen molar-refractivity contribution in [3.63, 3.8) is 0 Å². The molecule has 0 amide bonds. The fourth-order valence-electron chi connectivity index (χ4n) is 1.56. The summed E-state index contributed by atoms with van der Waals surface area (Å²) in [5.74, 6) is -1.42. The molecule has 0 aromatic heterocycles. The Morgan fingerprint density at radius 1 is 1.13 bits per heavy atom. The van der Waals surface area contributed by atoms with Crippen molar-refractivity contribution in [2.24, 2.45) is 0 Å². The van der Waals surface area contributed by atoms with Crippen molar-refractivity contribution in [1.82, 2.24) is 0 Å². The number of aromatic hydroxyl groups is 2. The molecule has 0 spiro atoms. The Hall–Kier alpha value is -2.23. The maximum absolute atomic E-state index is 10.9. The van der Waals surface area contributed by atoms with Gasteiger partial charge in [0, 0.05) is 5.39 Å². The predicted molar refractivity (Wildman–Crippen MR) is 54.2 cm³/mol. The van der Waals surface area contributed by atoms with E-state index in [2.05, 4.69) is 0 Å². The number of phenols is 2. The smallest absolute Gasteiger partial charge is 0.336 e. The first-order valence-electron chi connectivity index (χ1n) is 4.27. The summed E-state index contributed by atoms with van der Waals surface area (Å²) in [7, 11) is 0. The standard InChI is InChI=1S/C11H8O4/c12-7-4-6-2-1-3-9(13)10(6)8(5-7)11(14)15/h1-5,12-13H,(H,14,15). The molecule has 0 heterocycles. The highest BCUT2D eigenvalue weighted by atomic mass is 16.4. The normalized spacial score (nSPS) is 10.4. The second kappa shape index (κ2) is 3.16. The lowest BCUT2D eigenvalue weighted by molar-refractivity contribution is 0.0698. The van der Waals surface area contributed by atoms with Gasteiger partial charge in [0.1, 0.15) is 11.5 Å². The summed E-state index contributed by atoms with van der Waals surface area (Å²) < 4.78 is 0. The number of hydrogen-bond acceptors (Lipinski definition) is 3. The quantitative estimate of drug-likeness (QED) is 0.663. The maximum Gasteiger partial charge on any atom is 0.336 e. The molecule has 0 aliphatic rings. The molecule has 0 atom stereocenters. The number of aromatic carboxylic acids is 1. The third kappa shape index (κ3) is 1.46. The fraction of sp³-hybridized carbons (Fsp3) is 0. The molecule has 76 valence electrons. The number of carboxylic acid groups (broad SMARTS) is 1. The van der Waals surface area contributed by atoms with Gasteiger partial charge in [-0.2, -0.15) is 0 Å². The van der Waals surface area contributed by atoms with Crippen molar-refractivity contribution in [2.75, 3.05) is 0 Å². The summed E-state index contributed by atoms with van der Waals surface area (Å²) in [6, 6.07) is 7.14. The van der Waals surface area contributed by atoms with Gasteiger partial charge in [-0.1, -0.05) is 12.1 Å². The Bertz CT molecular complexity index is 546. The first-order chi connectivity index (χ1) is 7.09. The van der Waals surface area contributed by atoms with Gasteiger partial charge in [0.15, 0.2) is 0 Å². The fourth-order valence-corrected chi connectivity index (χ4v) is 1.56. The van der Waals surface area contributed by atoms with Gasteiger partial charge in [0.2, 0.25) is 0 Å². The van der Waals surface area contributed by atoms with Gasteiger partial charge >= 0.3 is 5.97 Å². The van der Waals surface area contributed by atoms with Crippen LogP contribution < -0.4 is 0 Å². The summed E-state index contributed by atoms with van der Waals surface area (Å²) in [5, 5.41) is 28.5. The zero-order valence-electron chi connectivity index (χ0n) is 7.64. The molecule has 0 radical (unpaired) electrons. The minimum Gasteiger partial charge on any atom is -0.508 e. The lowest BCUT2D eigenvalue weighted by Gasteiger charge is -2.05. The van der Waals surface area contributed by atoms with E-state index < -0.39 is 5.97 Å². The van der Waals surface area contributed by atoms with E-state index >= 15 is 0 Å². The summed E-state index contributed by atoms with van der Waals surface area (Å²) in [4.78, 5) is 10.9. The summed E-state index contributed by atoms with van der Waals surface area (Å²) in [6.45, 7) is 0. The molecule has 2 aromatic carbocycles. The third-order valence-electron chi connectivity index (χ3n) is 2.17. The van der Waals surface area contributed by atoms with Crippen molar-refractivity contribution >= 4 is 16.7 Å². The van der Waals surface area contributed by atoms with E-state index in [9.17, 15) is 15.0 Å². The molecule has 2 rings (SSSR count). The molecule has 4 heteroatoms. The average Bonchev–Trinajstić information content (AvgIpc) is 2.16. The Labute approximate surface area is 85.0 Å². The van der Waals surface area contributed by atoms with Crippen LogP contribution in [-0.4, -0.2) is 21.3 Å². The van der Waals surface area contributed by atoms with Gasteiger partial charge in [-0.05, 0) is 23.6 Å². The zero-order valence-corrected chi connectivity index (χ0v) is 7.64. The summed E-state index contributed by atoms with van der Waals surface area (Å²) in [5.41, 5.74) is -0.108. The number of phenolic OH excluding ortho intramolecular Hbond substituents is 2. The highest BCUT2D eigenvalue weighted by Crippen LogP contribution is 2.31. The third-order valence-corrected chi connectivity index (χ3v) is 2.17. The molecule has 0 unspecified atom stereocenters. The number of hydrogen-bond donors (Lipinski definition) is 3. The van der Waals surface area contributed by atoms with Crippen molar-refractivity contribution in [3.8, 4) is 11.5 Å². The Kier molecular flexibility index (Phi) is 1.97. The largest absolute Gasteiger partial charge is 0.508 e. The first-order valence-corrected chi connectivity index (χ1v) is 4.27. The van der Waals surface area contributed by atoms with E-state index in [0.717, 1.165) is 6.07 Å². The van der Waals surface area contributed by atoms with Crippen LogP contribution in [0.5, 0.6) is 11.5 Å². The van der Waals surface area contributed by atoms with Gasteiger partial charge in [-0.25, -0.2) is 4.79 Å². The maximum atomic E-state index is 10.9. The van der Waals surface area contributed by atoms with E-state index in [-0.39, 0.29) is 22.4 Å². The Balaban J connectivity index is 2.94. The average molecular weight is 204 g/mol. The number of carbonyl (C=O) groups is 1. The molecular weight excluding hydrogens is 196 g/mol. The molecule has 0 fully saturated rings. The molecule has 0 aliphatic heterocycles. The van der Waals surface area contributed by atoms with Crippen LogP contribution in [0.3, 0.4) is 0 Å². The van der Waals surface area contributed by atoms with Crippen molar-refractivity contribution < 1.29 is 20.1 Å². The molecule has 2 aromatic rings. The van der Waals surface area contributed by atoms with Crippen LogP contribution in [0.1, 0.15) is 10.4 Å². The Morgan fingerprint density at radius 3 is 2.53 bits per heavy atom. The first kappa shape index (κ1) is 9.33. The topological polar surface area (TPSA) is 77.8 Å². The molecule has 0 aliphatic carbocycles. The van der Waals surface area contributed by atoms with Gasteiger partial charge < -0.3 is 15.3 Å². The van der Waals surface area contributed by atoms with Gasteiger partial charge in [0.25, 0.3) is 0 Å². The number of benzene rings is 2. The molecule has 4 nitrogen and oxygen atoms in total. The van der Waals surface area contributed by atoms with Crippen LogP contribution in [0.4, 0.5) is 0 Å². The lowest BCUT2D eigenvalue weighted by Crippen LogP contribution is -1.97. The molecule has 0 saturated heterocycles. The van der Waals surface area contributed by atoms with Crippen LogP contribution >= 0.6 is 0 Å². The monoisotopic (exact) mass is 204 g/mol. The van der Waals surface area contributed by atoms with Crippen molar-refractivity contribution in [1.29, 1.82) is 0 Å². The summed E-state index contributed by atoms with van der Waals surface area (Å²) >= 11 is 0. The highest BCUT2D eigenvalue weighted by molar-refractivity contribution is 6.06. The number of fused-ring (bicyclic) bond motifs is 1. The zero-order chi connectivity index (χ0) is 11.0. The van der Waals surface area contributed by atoms with Crippen LogP contribution in [0.25, 0.3) is 10.8 Å². The van der Waals surface area contributed by atoms with E-state index in [1.54, 1.807) is 12.1 Å². The van der Waals surface area contributed by atoms with E-state index in [4.69, 9.17) is 5.11 Å². The number of rotatable bonds is 1. The van der Waals surface area contributed by atoms with Gasteiger partial charge in [0.05, 0.1) is 5.56 Å². The minimum absolute atomic E-state index is 0.107.